The minimum absolute atomic E-state index is 0.162. The minimum atomic E-state index is -1.09. The van der Waals surface area contributed by atoms with Crippen LogP contribution >= 0.6 is 0 Å². The predicted octanol–water partition coefficient (Wildman–Crippen LogP) is -2.12. The van der Waals surface area contributed by atoms with Gasteiger partial charge in [-0.1, -0.05) is 0 Å². The summed E-state index contributed by atoms with van der Waals surface area (Å²) in [5.41, 5.74) is 5.22. The van der Waals surface area contributed by atoms with Crippen molar-refractivity contribution in [3.8, 4) is 0 Å². The fourth-order valence-electron chi connectivity index (χ4n) is 0.629. The third-order valence-electron chi connectivity index (χ3n) is 1.29. The van der Waals surface area contributed by atoms with Gasteiger partial charge in [0.15, 0.2) is 18.4 Å². The number of guanidine groups is 1. The van der Waals surface area contributed by atoms with E-state index in [4.69, 9.17) is 15.9 Å². The normalized spacial score (nSPS) is 35.0. The van der Waals surface area contributed by atoms with Crippen LogP contribution in [0.5, 0.6) is 0 Å². The molecule has 0 aromatic heterocycles. The fraction of sp³-hybridized carbons (Fsp3) is 0.750. The highest BCUT2D eigenvalue weighted by molar-refractivity contribution is 5.79. The molecule has 1 heterocycles. The van der Waals surface area contributed by atoms with E-state index in [2.05, 4.69) is 4.99 Å². The van der Waals surface area contributed by atoms with Gasteiger partial charge in [0, 0.05) is 7.05 Å². The van der Waals surface area contributed by atoms with E-state index in [0.29, 0.717) is 0 Å². The number of aliphatic imine (C=N–C) groups is 1. The molecule has 1 aliphatic heterocycles. The lowest BCUT2D eigenvalue weighted by Crippen LogP contribution is -2.39. The Morgan fingerprint density at radius 2 is 2.22 bits per heavy atom. The molecule has 0 unspecified atom stereocenters. The summed E-state index contributed by atoms with van der Waals surface area (Å²) >= 11 is 0. The smallest absolute Gasteiger partial charge is 0.195 e. The number of aliphatic hydroxyl groups is 2. The highest BCUT2D eigenvalue weighted by Gasteiger charge is 2.28. The summed E-state index contributed by atoms with van der Waals surface area (Å²) in [6, 6.07) is 0. The van der Waals surface area contributed by atoms with Gasteiger partial charge in [-0.2, -0.15) is 0 Å². The first kappa shape index (κ1) is 6.31. The zero-order valence-electron chi connectivity index (χ0n) is 5.02. The van der Waals surface area contributed by atoms with Crippen LogP contribution in [0.1, 0.15) is 0 Å². The van der Waals surface area contributed by atoms with Gasteiger partial charge in [0.2, 0.25) is 0 Å². The SMILES string of the molecule is CN1C(N)=N[C@H](O)[C@@H]1O. The molecule has 52 valence electrons. The molecule has 5 nitrogen and oxygen atoms in total. The number of hydrogen-bond donors (Lipinski definition) is 3. The van der Waals surface area contributed by atoms with E-state index in [0.717, 1.165) is 0 Å². The van der Waals surface area contributed by atoms with Gasteiger partial charge < -0.3 is 20.8 Å². The predicted molar refractivity (Wildman–Crippen MR) is 31.4 cm³/mol. The van der Waals surface area contributed by atoms with E-state index in [1.165, 1.54) is 4.90 Å². The summed E-state index contributed by atoms with van der Waals surface area (Å²) in [5.74, 6) is 0.162. The molecule has 9 heavy (non-hydrogen) atoms. The van der Waals surface area contributed by atoms with Crippen molar-refractivity contribution in [2.75, 3.05) is 7.05 Å². The van der Waals surface area contributed by atoms with Crippen LogP contribution < -0.4 is 5.73 Å². The second kappa shape index (κ2) is 1.85. The monoisotopic (exact) mass is 131 g/mol. The lowest BCUT2D eigenvalue weighted by atomic mass is 10.5. The van der Waals surface area contributed by atoms with E-state index in [9.17, 15) is 0 Å². The Hall–Kier alpha value is -0.810. The molecular weight excluding hydrogens is 122 g/mol. The fourth-order valence-corrected chi connectivity index (χ4v) is 0.629. The molecule has 0 saturated carbocycles. The second-order valence-electron chi connectivity index (χ2n) is 1.93. The van der Waals surface area contributed by atoms with Gasteiger partial charge in [0.1, 0.15) is 0 Å². The molecule has 1 aliphatic rings. The summed E-state index contributed by atoms with van der Waals surface area (Å²) < 4.78 is 0. The summed E-state index contributed by atoms with van der Waals surface area (Å²) in [7, 11) is 1.56. The first-order valence-electron chi connectivity index (χ1n) is 2.55. The van der Waals surface area contributed by atoms with Crippen molar-refractivity contribution >= 4 is 5.96 Å². The van der Waals surface area contributed by atoms with Crippen LogP contribution in [-0.4, -0.2) is 40.6 Å². The van der Waals surface area contributed by atoms with E-state index >= 15 is 0 Å². The van der Waals surface area contributed by atoms with Crippen LogP contribution in [0.25, 0.3) is 0 Å². The van der Waals surface area contributed by atoms with Crippen LogP contribution in [0.4, 0.5) is 0 Å². The maximum absolute atomic E-state index is 8.92. The molecule has 5 heteroatoms. The van der Waals surface area contributed by atoms with E-state index < -0.39 is 12.5 Å². The Labute approximate surface area is 52.4 Å². The van der Waals surface area contributed by atoms with Gasteiger partial charge in [-0.3, -0.25) is 0 Å². The minimum Gasteiger partial charge on any atom is -0.370 e. The van der Waals surface area contributed by atoms with Crippen molar-refractivity contribution in [2.45, 2.75) is 12.5 Å². The average molecular weight is 131 g/mol. The average Bonchev–Trinajstić information content (AvgIpc) is 1.98. The van der Waals surface area contributed by atoms with Crippen molar-refractivity contribution < 1.29 is 10.2 Å². The molecule has 0 fully saturated rings. The number of hydrogen-bond acceptors (Lipinski definition) is 5. The van der Waals surface area contributed by atoms with E-state index in [-0.39, 0.29) is 5.96 Å². The van der Waals surface area contributed by atoms with Gasteiger partial charge in [0.05, 0.1) is 0 Å². The van der Waals surface area contributed by atoms with Crippen LogP contribution in [0.3, 0.4) is 0 Å². The Morgan fingerprint density at radius 1 is 1.67 bits per heavy atom. The number of nitrogens with zero attached hydrogens (tertiary/aromatic N) is 2. The Bertz CT molecular complexity index is 147. The van der Waals surface area contributed by atoms with Gasteiger partial charge in [-0.25, -0.2) is 4.99 Å². The highest BCUT2D eigenvalue weighted by Crippen LogP contribution is 2.07. The zero-order chi connectivity index (χ0) is 7.02. The number of aliphatic hydroxyl groups excluding tert-OH is 2. The second-order valence-corrected chi connectivity index (χ2v) is 1.93. The third kappa shape index (κ3) is 0.839. The topological polar surface area (TPSA) is 82.1 Å². The first-order chi connectivity index (χ1) is 4.13. The molecule has 2 atom stereocenters. The largest absolute Gasteiger partial charge is 0.370 e. The van der Waals surface area contributed by atoms with Crippen molar-refractivity contribution in [2.24, 2.45) is 10.7 Å². The molecular formula is C4H9N3O2. The third-order valence-corrected chi connectivity index (χ3v) is 1.29. The summed E-state index contributed by atoms with van der Waals surface area (Å²) in [6.45, 7) is 0. The maximum atomic E-state index is 8.92. The molecule has 1 rings (SSSR count). The van der Waals surface area contributed by atoms with Crippen LogP contribution in [-0.2, 0) is 0 Å². The Kier molecular flexibility index (Phi) is 1.30. The van der Waals surface area contributed by atoms with Crippen molar-refractivity contribution in [3.05, 3.63) is 0 Å². The zero-order valence-corrected chi connectivity index (χ0v) is 5.02. The van der Waals surface area contributed by atoms with Gasteiger partial charge in [-0.05, 0) is 0 Å². The molecule has 4 N–H and O–H groups in total. The summed E-state index contributed by atoms with van der Waals surface area (Å²) in [6.07, 6.45) is -2.07. The highest BCUT2D eigenvalue weighted by atomic mass is 16.4. The molecule has 0 spiro atoms. The maximum Gasteiger partial charge on any atom is 0.195 e. The van der Waals surface area contributed by atoms with Crippen molar-refractivity contribution in [3.63, 3.8) is 0 Å². The van der Waals surface area contributed by atoms with Gasteiger partial charge in [0.25, 0.3) is 0 Å². The Balaban J connectivity index is 2.70. The van der Waals surface area contributed by atoms with Crippen LogP contribution in [0.2, 0.25) is 0 Å². The quantitative estimate of drug-likeness (QED) is 0.351. The van der Waals surface area contributed by atoms with E-state index in [1.54, 1.807) is 7.05 Å². The van der Waals surface area contributed by atoms with Crippen LogP contribution in [0.15, 0.2) is 4.99 Å². The Morgan fingerprint density at radius 3 is 2.33 bits per heavy atom. The van der Waals surface area contributed by atoms with Crippen molar-refractivity contribution in [1.82, 2.24) is 4.90 Å². The molecule has 0 radical (unpaired) electrons. The number of likely N-dealkylation sites (N-methyl/N-ethyl adjacent to an activating group) is 1. The van der Waals surface area contributed by atoms with Gasteiger partial charge >= 0.3 is 0 Å². The van der Waals surface area contributed by atoms with Crippen molar-refractivity contribution in [1.29, 1.82) is 0 Å². The van der Waals surface area contributed by atoms with Crippen LogP contribution in [0, 0.1) is 0 Å². The summed E-state index contributed by atoms with van der Waals surface area (Å²) in [4.78, 5) is 4.77. The standard InChI is InChI=1S/C4H9N3O2/c1-7-3(9)2(8)6-4(7)5/h2-3,8-9H,1H3,(H2,5,6)/t2-,3+/m1/s1. The lowest BCUT2D eigenvalue weighted by Gasteiger charge is -2.16. The molecule has 0 aromatic carbocycles. The molecule has 0 amide bonds. The molecule has 0 bridgehead atoms. The van der Waals surface area contributed by atoms with E-state index in [1.807, 2.05) is 0 Å². The van der Waals surface area contributed by atoms with Gasteiger partial charge in [-0.15, -0.1) is 0 Å². The molecule has 0 aliphatic carbocycles. The first-order valence-corrected chi connectivity index (χ1v) is 2.55. The number of nitrogens with two attached hydrogens (primary N) is 1. The summed E-state index contributed by atoms with van der Waals surface area (Å²) in [5, 5.41) is 17.7. The lowest BCUT2D eigenvalue weighted by molar-refractivity contribution is -0.0221. The molecule has 0 saturated heterocycles. The molecule has 0 aromatic rings. The number of rotatable bonds is 0.